The molecule has 7 nitrogen and oxygen atoms in total. The quantitative estimate of drug-likeness (QED) is 0.647. The lowest BCUT2D eigenvalue weighted by molar-refractivity contribution is -0.122. The minimum absolute atomic E-state index is 0.0162. The summed E-state index contributed by atoms with van der Waals surface area (Å²) in [4.78, 5) is 33.8. The van der Waals surface area contributed by atoms with E-state index < -0.39 is 0 Å². The summed E-state index contributed by atoms with van der Waals surface area (Å²) in [7, 11) is 0. The van der Waals surface area contributed by atoms with Crippen LogP contribution in [0.2, 0.25) is 0 Å². The topological polar surface area (TPSA) is 91.2 Å². The highest BCUT2D eigenvalue weighted by Gasteiger charge is 2.16. The van der Waals surface area contributed by atoms with Gasteiger partial charge in [0.25, 0.3) is 5.56 Å². The number of carbonyl (C=O) groups is 1. The number of hydrogen-bond donors (Lipinski definition) is 2. The van der Waals surface area contributed by atoms with Crippen LogP contribution in [-0.4, -0.2) is 40.4 Å². The average Bonchev–Trinajstić information content (AvgIpc) is 3.00. The largest absolute Gasteiger partial charge is 0.449 e. The molecule has 2 aromatic heterocycles. The summed E-state index contributed by atoms with van der Waals surface area (Å²) in [5, 5.41) is 3.70. The van der Waals surface area contributed by atoms with Crippen LogP contribution in [-0.2, 0) is 11.3 Å². The molecule has 26 heavy (non-hydrogen) atoms. The second-order valence-corrected chi connectivity index (χ2v) is 6.35. The summed E-state index contributed by atoms with van der Waals surface area (Å²) in [5.74, 6) is 0.517. The van der Waals surface area contributed by atoms with E-state index in [2.05, 4.69) is 22.2 Å². The molecule has 7 heteroatoms. The molecule has 0 atom stereocenters. The van der Waals surface area contributed by atoms with Gasteiger partial charge in [0.15, 0.2) is 0 Å². The Kier molecular flexibility index (Phi) is 5.68. The van der Waals surface area contributed by atoms with Crippen molar-refractivity contribution >= 4 is 28.0 Å². The Morgan fingerprint density at radius 3 is 2.85 bits per heavy atom. The summed E-state index contributed by atoms with van der Waals surface area (Å²) in [6.07, 6.45) is 1.81. The van der Waals surface area contributed by atoms with Crippen molar-refractivity contribution in [3.63, 3.8) is 0 Å². The van der Waals surface area contributed by atoms with E-state index in [4.69, 9.17) is 4.42 Å². The van der Waals surface area contributed by atoms with Gasteiger partial charge in [0.1, 0.15) is 16.9 Å². The molecule has 1 aromatic carbocycles. The molecule has 138 valence electrons. The molecule has 3 rings (SSSR count). The van der Waals surface area contributed by atoms with Gasteiger partial charge in [-0.3, -0.25) is 14.5 Å². The minimum atomic E-state index is -0.298. The molecule has 2 N–H and O–H groups in total. The van der Waals surface area contributed by atoms with E-state index in [-0.39, 0.29) is 23.6 Å². The standard InChI is InChI=1S/C19H24N4O3/c1-3-9-20-16(24)12-23(10-4-2)11-15-21-17-13-7-5-6-8-14(13)26-18(17)19(25)22-15/h5-8H,3-4,9-12H2,1-2H3,(H,20,24)(H,21,22,25). The number of hydrogen-bond acceptors (Lipinski definition) is 5. The summed E-state index contributed by atoms with van der Waals surface area (Å²) >= 11 is 0. The molecular weight excluding hydrogens is 332 g/mol. The Bertz CT molecular complexity index is 960. The number of aromatic nitrogens is 2. The highest BCUT2D eigenvalue weighted by atomic mass is 16.3. The van der Waals surface area contributed by atoms with Crippen LogP contribution in [0.3, 0.4) is 0 Å². The van der Waals surface area contributed by atoms with E-state index in [0.29, 0.717) is 30.0 Å². The predicted molar refractivity (Wildman–Crippen MR) is 101 cm³/mol. The first-order valence-corrected chi connectivity index (χ1v) is 9.01. The maximum absolute atomic E-state index is 12.4. The number of benzene rings is 1. The highest BCUT2D eigenvalue weighted by molar-refractivity contribution is 6.01. The zero-order chi connectivity index (χ0) is 18.5. The van der Waals surface area contributed by atoms with Crippen LogP contribution in [0.5, 0.6) is 0 Å². The van der Waals surface area contributed by atoms with Gasteiger partial charge in [0.2, 0.25) is 11.5 Å². The van der Waals surface area contributed by atoms with Gasteiger partial charge in [0, 0.05) is 11.9 Å². The summed E-state index contributed by atoms with van der Waals surface area (Å²) in [6.45, 7) is 6.16. The highest BCUT2D eigenvalue weighted by Crippen LogP contribution is 2.24. The second-order valence-electron chi connectivity index (χ2n) is 6.35. The Labute approximate surface area is 151 Å². The van der Waals surface area contributed by atoms with Gasteiger partial charge in [-0.2, -0.15) is 0 Å². The number of nitrogens with one attached hydrogen (secondary N) is 2. The van der Waals surface area contributed by atoms with Crippen molar-refractivity contribution in [2.75, 3.05) is 19.6 Å². The predicted octanol–water partition coefficient (Wildman–Crippen LogP) is 2.41. The molecular formula is C19H24N4O3. The third-order valence-corrected chi connectivity index (χ3v) is 4.13. The molecule has 2 heterocycles. The number of H-pyrrole nitrogens is 1. The molecule has 3 aromatic rings. The monoisotopic (exact) mass is 356 g/mol. The Morgan fingerprint density at radius 1 is 1.27 bits per heavy atom. The number of nitrogens with zero attached hydrogens (tertiary/aromatic N) is 2. The smallest absolute Gasteiger partial charge is 0.294 e. The van der Waals surface area contributed by atoms with Crippen molar-refractivity contribution in [3.8, 4) is 0 Å². The van der Waals surface area contributed by atoms with Crippen molar-refractivity contribution in [2.45, 2.75) is 33.2 Å². The van der Waals surface area contributed by atoms with E-state index in [0.717, 1.165) is 24.8 Å². The van der Waals surface area contributed by atoms with E-state index >= 15 is 0 Å². The number of fused-ring (bicyclic) bond motifs is 3. The summed E-state index contributed by atoms with van der Waals surface area (Å²) < 4.78 is 5.62. The number of rotatable bonds is 8. The van der Waals surface area contributed by atoms with Crippen LogP contribution < -0.4 is 10.9 Å². The molecule has 0 fully saturated rings. The fraction of sp³-hybridized carbons (Fsp3) is 0.421. The molecule has 1 amide bonds. The van der Waals surface area contributed by atoms with Crippen LogP contribution in [0.25, 0.3) is 22.1 Å². The summed E-state index contributed by atoms with van der Waals surface area (Å²) in [6, 6.07) is 7.45. The normalized spacial score (nSPS) is 11.5. The van der Waals surface area contributed by atoms with Gasteiger partial charge in [-0.05, 0) is 31.5 Å². The van der Waals surface area contributed by atoms with Crippen molar-refractivity contribution in [3.05, 3.63) is 40.4 Å². The van der Waals surface area contributed by atoms with E-state index in [9.17, 15) is 9.59 Å². The van der Waals surface area contributed by atoms with Gasteiger partial charge in [0.05, 0.1) is 13.1 Å². The molecule has 0 spiro atoms. The second kappa shape index (κ2) is 8.14. The first kappa shape index (κ1) is 18.1. The third kappa shape index (κ3) is 3.94. The minimum Gasteiger partial charge on any atom is -0.449 e. The zero-order valence-electron chi connectivity index (χ0n) is 15.2. The van der Waals surface area contributed by atoms with Gasteiger partial charge >= 0.3 is 0 Å². The van der Waals surface area contributed by atoms with E-state index in [1.54, 1.807) is 0 Å². The van der Waals surface area contributed by atoms with Gasteiger partial charge < -0.3 is 14.7 Å². The average molecular weight is 356 g/mol. The van der Waals surface area contributed by atoms with Crippen molar-refractivity contribution in [1.82, 2.24) is 20.2 Å². The Balaban J connectivity index is 1.87. The molecule has 0 saturated carbocycles. The van der Waals surface area contributed by atoms with Crippen LogP contribution in [0.15, 0.2) is 33.5 Å². The number of carbonyl (C=O) groups excluding carboxylic acids is 1. The molecule has 0 radical (unpaired) electrons. The number of para-hydroxylation sites is 1. The third-order valence-electron chi connectivity index (χ3n) is 4.13. The zero-order valence-corrected chi connectivity index (χ0v) is 15.2. The summed E-state index contributed by atoms with van der Waals surface area (Å²) in [5.41, 5.74) is 1.14. The van der Waals surface area contributed by atoms with Gasteiger partial charge in [-0.25, -0.2) is 4.98 Å². The van der Waals surface area contributed by atoms with Crippen molar-refractivity contribution in [1.29, 1.82) is 0 Å². The number of amides is 1. The maximum Gasteiger partial charge on any atom is 0.294 e. The first-order chi connectivity index (χ1) is 12.6. The van der Waals surface area contributed by atoms with Crippen LogP contribution in [0, 0.1) is 0 Å². The number of aromatic amines is 1. The Hall–Kier alpha value is -2.67. The van der Waals surface area contributed by atoms with Gasteiger partial charge in [-0.1, -0.05) is 26.0 Å². The van der Waals surface area contributed by atoms with Crippen molar-refractivity contribution < 1.29 is 9.21 Å². The van der Waals surface area contributed by atoms with E-state index in [1.165, 1.54) is 0 Å². The van der Waals surface area contributed by atoms with Crippen LogP contribution in [0.4, 0.5) is 0 Å². The lowest BCUT2D eigenvalue weighted by Crippen LogP contribution is -2.38. The lowest BCUT2D eigenvalue weighted by Gasteiger charge is -2.20. The maximum atomic E-state index is 12.4. The molecule has 0 unspecified atom stereocenters. The SMILES string of the molecule is CCCNC(=O)CN(CCC)Cc1nc2c(oc3ccccc32)c(=O)[nH]1. The number of furan rings is 1. The first-order valence-electron chi connectivity index (χ1n) is 9.01. The Morgan fingerprint density at radius 2 is 2.08 bits per heavy atom. The lowest BCUT2D eigenvalue weighted by atomic mass is 10.2. The molecule has 0 aliphatic carbocycles. The van der Waals surface area contributed by atoms with E-state index in [1.807, 2.05) is 36.1 Å². The molecule has 0 saturated heterocycles. The van der Waals surface area contributed by atoms with Crippen LogP contribution in [0.1, 0.15) is 32.5 Å². The molecule has 0 aliphatic rings. The molecule has 0 bridgehead atoms. The molecule has 0 aliphatic heterocycles. The fourth-order valence-electron chi connectivity index (χ4n) is 2.99. The van der Waals surface area contributed by atoms with Gasteiger partial charge in [-0.15, -0.1) is 0 Å². The fourth-order valence-corrected chi connectivity index (χ4v) is 2.99. The van der Waals surface area contributed by atoms with Crippen molar-refractivity contribution in [2.24, 2.45) is 0 Å². The van der Waals surface area contributed by atoms with Crippen LogP contribution >= 0.6 is 0 Å².